The molecule has 0 spiro atoms. The van der Waals surface area contributed by atoms with E-state index in [0.717, 1.165) is 0 Å². The lowest BCUT2D eigenvalue weighted by Crippen LogP contribution is -2.35. The monoisotopic (exact) mass is 415 g/mol. The van der Waals surface area contributed by atoms with Gasteiger partial charge in [-0.3, -0.25) is 9.48 Å². The number of benzene rings is 1. The highest BCUT2D eigenvalue weighted by molar-refractivity contribution is 8.02. The molecule has 2 aromatic rings. The van der Waals surface area contributed by atoms with Crippen LogP contribution in [0.2, 0.25) is 0 Å². The lowest BCUT2D eigenvalue weighted by molar-refractivity contribution is -0.142. The normalized spacial score (nSPS) is 16.8. The van der Waals surface area contributed by atoms with Gasteiger partial charge in [-0.25, -0.2) is 18.9 Å². The molecule has 29 heavy (non-hydrogen) atoms. The third-order valence-corrected chi connectivity index (χ3v) is 5.35. The van der Waals surface area contributed by atoms with Crippen LogP contribution in [0.5, 0.6) is 0 Å². The minimum Gasteiger partial charge on any atom is -0.480 e. The number of carboxylic acids is 1. The molecule has 1 aromatic carbocycles. The number of halogens is 1. The van der Waals surface area contributed by atoms with Crippen molar-refractivity contribution in [3.8, 4) is 11.1 Å². The predicted octanol–water partition coefficient (Wildman–Crippen LogP) is 4.07. The standard InChI is InChI=1S/C21H22FN3O3S/c1-4-6-16(23-13(2)29-3)19-18(14-8-10-15(22)11-9-14)20(26)24-12-5-7-17(21(27)28)25(19)24/h4,6,8-11,17H,2,5,7,12H2,1,3H3,(H,27,28)/b6-4-,23-16+. The lowest BCUT2D eigenvalue weighted by atomic mass is 10.0. The number of fused-ring (bicyclic) bond motifs is 1. The van der Waals surface area contributed by atoms with E-state index in [1.807, 2.05) is 13.2 Å². The molecule has 6 nitrogen and oxygen atoms in total. The third-order valence-electron chi connectivity index (χ3n) is 4.78. The van der Waals surface area contributed by atoms with Crippen molar-refractivity contribution in [1.82, 2.24) is 9.36 Å². The SMILES string of the molecule is C=C(/N=C(\C=C/C)c1c(-c2ccc(F)cc2)c(=O)n2n1C(C(=O)O)CCC2)SC. The van der Waals surface area contributed by atoms with Crippen molar-refractivity contribution in [1.29, 1.82) is 0 Å². The van der Waals surface area contributed by atoms with Crippen LogP contribution in [0.15, 0.2) is 57.8 Å². The first-order chi connectivity index (χ1) is 13.9. The first-order valence-electron chi connectivity index (χ1n) is 9.17. The molecule has 1 aliphatic heterocycles. The number of aliphatic carboxylic acids is 1. The Hall–Kier alpha value is -2.87. The van der Waals surface area contributed by atoms with Crippen LogP contribution in [0.1, 0.15) is 31.5 Å². The van der Waals surface area contributed by atoms with Crippen molar-refractivity contribution in [2.45, 2.75) is 32.4 Å². The Kier molecular flexibility index (Phi) is 6.22. The summed E-state index contributed by atoms with van der Waals surface area (Å²) in [6.45, 7) is 6.11. The molecule has 0 fully saturated rings. The molecule has 1 N–H and O–H groups in total. The second-order valence-corrected chi connectivity index (χ2v) is 7.47. The van der Waals surface area contributed by atoms with Crippen molar-refractivity contribution in [2.75, 3.05) is 6.26 Å². The number of aliphatic imine (C=N–C) groups is 1. The summed E-state index contributed by atoms with van der Waals surface area (Å²) in [5.41, 5.74) is 1.35. The van der Waals surface area contributed by atoms with Gasteiger partial charge in [-0.05, 0) is 49.8 Å². The highest BCUT2D eigenvalue weighted by Gasteiger charge is 2.34. The van der Waals surface area contributed by atoms with Crippen LogP contribution >= 0.6 is 11.8 Å². The Bertz CT molecular complexity index is 1060. The average molecular weight is 415 g/mol. The summed E-state index contributed by atoms with van der Waals surface area (Å²) in [6.07, 6.45) is 6.32. The highest BCUT2D eigenvalue weighted by atomic mass is 32.2. The van der Waals surface area contributed by atoms with Crippen LogP contribution in [0.3, 0.4) is 0 Å². The molecule has 0 saturated carbocycles. The Morgan fingerprint density at radius 3 is 2.66 bits per heavy atom. The van der Waals surface area contributed by atoms with Crippen LogP contribution in [-0.4, -0.2) is 32.4 Å². The van der Waals surface area contributed by atoms with Crippen LogP contribution in [0.25, 0.3) is 11.1 Å². The summed E-state index contributed by atoms with van der Waals surface area (Å²) < 4.78 is 16.5. The molecule has 1 aromatic heterocycles. The highest BCUT2D eigenvalue weighted by Crippen LogP contribution is 2.30. The maximum absolute atomic E-state index is 13.5. The largest absolute Gasteiger partial charge is 0.480 e. The second kappa shape index (κ2) is 8.65. The number of hydrogen-bond donors (Lipinski definition) is 1. The minimum absolute atomic E-state index is 0.309. The molecule has 0 saturated heterocycles. The van der Waals surface area contributed by atoms with E-state index in [0.29, 0.717) is 46.9 Å². The van der Waals surface area contributed by atoms with Gasteiger partial charge in [0.15, 0.2) is 0 Å². The first kappa shape index (κ1) is 20.9. The summed E-state index contributed by atoms with van der Waals surface area (Å²) in [6, 6.07) is 4.71. The zero-order valence-electron chi connectivity index (χ0n) is 16.3. The minimum atomic E-state index is -1.01. The van der Waals surface area contributed by atoms with E-state index in [1.165, 1.54) is 45.4 Å². The Balaban J connectivity index is 2.41. The molecule has 1 aliphatic rings. The molecule has 0 bridgehead atoms. The molecule has 3 rings (SSSR count). The zero-order valence-corrected chi connectivity index (χ0v) is 17.1. The van der Waals surface area contributed by atoms with E-state index in [2.05, 4.69) is 11.6 Å². The van der Waals surface area contributed by atoms with Gasteiger partial charge in [-0.15, -0.1) is 11.8 Å². The van der Waals surface area contributed by atoms with Gasteiger partial charge in [0, 0.05) is 6.54 Å². The van der Waals surface area contributed by atoms with Gasteiger partial charge in [0.2, 0.25) is 0 Å². The maximum atomic E-state index is 13.5. The molecule has 2 heterocycles. The van der Waals surface area contributed by atoms with Crippen molar-refractivity contribution < 1.29 is 14.3 Å². The number of allylic oxidation sites excluding steroid dienone is 2. The quantitative estimate of drug-likeness (QED) is 0.722. The van der Waals surface area contributed by atoms with Gasteiger partial charge in [0.1, 0.15) is 11.9 Å². The van der Waals surface area contributed by atoms with E-state index in [1.54, 1.807) is 12.2 Å². The summed E-state index contributed by atoms with van der Waals surface area (Å²) in [7, 11) is 0. The number of carbonyl (C=O) groups is 1. The van der Waals surface area contributed by atoms with Crippen LogP contribution in [-0.2, 0) is 11.3 Å². The molecular formula is C21H22FN3O3S. The van der Waals surface area contributed by atoms with Gasteiger partial charge in [-0.2, -0.15) is 0 Å². The van der Waals surface area contributed by atoms with E-state index in [9.17, 15) is 19.1 Å². The fraction of sp³-hybridized carbons (Fsp3) is 0.286. The Labute approximate surface area is 172 Å². The van der Waals surface area contributed by atoms with Crippen LogP contribution in [0, 0.1) is 5.82 Å². The summed E-state index contributed by atoms with van der Waals surface area (Å²) >= 11 is 1.35. The second-order valence-electron chi connectivity index (χ2n) is 6.59. The molecule has 152 valence electrons. The zero-order chi connectivity index (χ0) is 21.1. The number of rotatable bonds is 6. The third kappa shape index (κ3) is 3.98. The van der Waals surface area contributed by atoms with Crippen molar-refractivity contribution in [3.05, 3.63) is 69.9 Å². The molecule has 0 radical (unpaired) electrons. The fourth-order valence-corrected chi connectivity index (χ4v) is 3.70. The molecule has 8 heteroatoms. The van der Waals surface area contributed by atoms with Gasteiger partial charge in [-0.1, -0.05) is 24.8 Å². The molecule has 0 aliphatic carbocycles. The van der Waals surface area contributed by atoms with Crippen molar-refractivity contribution in [2.24, 2.45) is 4.99 Å². The topological polar surface area (TPSA) is 76.6 Å². The van der Waals surface area contributed by atoms with E-state index >= 15 is 0 Å². The number of thioether (sulfide) groups is 1. The van der Waals surface area contributed by atoms with Crippen LogP contribution < -0.4 is 5.56 Å². The summed E-state index contributed by atoms with van der Waals surface area (Å²) in [5, 5.41) is 10.3. The smallest absolute Gasteiger partial charge is 0.328 e. The lowest BCUT2D eigenvalue weighted by Gasteiger charge is -2.26. The summed E-state index contributed by atoms with van der Waals surface area (Å²) in [5.74, 6) is -1.43. The van der Waals surface area contributed by atoms with Crippen molar-refractivity contribution >= 4 is 23.4 Å². The number of hydrogen-bond acceptors (Lipinski definition) is 4. The number of nitrogens with zero attached hydrogens (tertiary/aromatic N) is 3. The Morgan fingerprint density at radius 1 is 1.38 bits per heavy atom. The van der Waals surface area contributed by atoms with Gasteiger partial charge >= 0.3 is 5.97 Å². The average Bonchev–Trinajstić information content (AvgIpc) is 3.00. The van der Waals surface area contributed by atoms with Crippen molar-refractivity contribution in [3.63, 3.8) is 0 Å². The van der Waals surface area contributed by atoms with E-state index < -0.39 is 17.8 Å². The number of carboxylic acid groups (broad SMARTS) is 1. The van der Waals surface area contributed by atoms with Gasteiger partial charge in [0.25, 0.3) is 5.56 Å². The molecule has 1 unspecified atom stereocenters. The predicted molar refractivity (Wildman–Crippen MR) is 114 cm³/mol. The number of aromatic nitrogens is 2. The fourth-order valence-electron chi connectivity index (χ4n) is 3.51. The summed E-state index contributed by atoms with van der Waals surface area (Å²) in [4.78, 5) is 29.8. The maximum Gasteiger partial charge on any atom is 0.328 e. The molecule has 1 atom stereocenters. The van der Waals surface area contributed by atoms with Gasteiger partial charge < -0.3 is 5.11 Å². The van der Waals surface area contributed by atoms with E-state index in [4.69, 9.17) is 0 Å². The molecular weight excluding hydrogens is 393 g/mol. The first-order valence-corrected chi connectivity index (χ1v) is 10.4. The van der Waals surface area contributed by atoms with E-state index in [-0.39, 0.29) is 5.56 Å². The van der Waals surface area contributed by atoms with Crippen LogP contribution in [0.4, 0.5) is 4.39 Å². The molecule has 0 amide bonds. The Morgan fingerprint density at radius 2 is 2.07 bits per heavy atom. The van der Waals surface area contributed by atoms with Gasteiger partial charge in [0.05, 0.1) is 22.0 Å².